The summed E-state index contributed by atoms with van der Waals surface area (Å²) in [6, 6.07) is 45.9. The molecule has 14 rings (SSSR count). The number of aromatic nitrogens is 3. The summed E-state index contributed by atoms with van der Waals surface area (Å²) in [6.07, 6.45) is 7.03. The van der Waals surface area contributed by atoms with Gasteiger partial charge in [0.1, 0.15) is 11.2 Å². The van der Waals surface area contributed by atoms with Gasteiger partial charge in [0.2, 0.25) is 0 Å². The fourth-order valence-electron chi connectivity index (χ4n) is 11.9. The minimum atomic E-state index is 0.151. The predicted molar refractivity (Wildman–Crippen MR) is 220 cm³/mol. The number of nitrogens with zero attached hydrogens (tertiary/aromatic N) is 3. The Morgan fingerprint density at radius 1 is 0.500 bits per heavy atom. The number of hydrogen-bond donors (Lipinski definition) is 0. The lowest BCUT2D eigenvalue weighted by Gasteiger charge is -2.61. The van der Waals surface area contributed by atoms with E-state index in [1.54, 1.807) is 11.1 Å². The third-order valence-electron chi connectivity index (χ3n) is 13.7. The summed E-state index contributed by atoms with van der Waals surface area (Å²) < 4.78 is 8.89. The molecule has 5 aliphatic rings. The third-order valence-corrected chi connectivity index (χ3v) is 14.9. The second-order valence-electron chi connectivity index (χ2n) is 16.3. The first-order chi connectivity index (χ1) is 26.7. The second kappa shape index (κ2) is 10.7. The van der Waals surface area contributed by atoms with E-state index >= 15 is 0 Å². The van der Waals surface area contributed by atoms with E-state index < -0.39 is 0 Å². The van der Waals surface area contributed by atoms with Crippen LogP contribution in [0.5, 0.6) is 0 Å². The van der Waals surface area contributed by atoms with Gasteiger partial charge >= 0.3 is 0 Å². The van der Waals surface area contributed by atoms with Crippen LogP contribution in [-0.4, -0.2) is 15.0 Å². The van der Waals surface area contributed by atoms with Crippen LogP contribution in [0.15, 0.2) is 132 Å². The van der Waals surface area contributed by atoms with Crippen LogP contribution >= 0.6 is 11.3 Å². The zero-order chi connectivity index (χ0) is 35.1. The van der Waals surface area contributed by atoms with Crippen LogP contribution in [0.1, 0.15) is 43.2 Å². The molecular formula is C49H35N3OS. The highest BCUT2D eigenvalue weighted by Gasteiger charge is 2.61. The number of benzene rings is 6. The average molecular weight is 714 g/mol. The Labute approximate surface area is 316 Å². The highest BCUT2D eigenvalue weighted by atomic mass is 32.1. The molecule has 9 aromatic rings. The standard InChI is InChI=1S/C49H35N3OS/c1-2-10-29(11-3-1)46-50-47(35-15-9-19-42-44(35)34-13-5-7-18-41(34)53-42)52-48(51-46)36-16-8-14-33-38-25-37-32-12-4-6-17-39(32)49(40(37)26-43(38)54-45(33)36)30-21-27-20-28(23-30)24-31(49)22-27/h1-19,25-28,30-31H,20-24H2. The molecule has 0 aliphatic heterocycles. The summed E-state index contributed by atoms with van der Waals surface area (Å²) in [5.41, 5.74) is 10.9. The molecule has 4 nitrogen and oxygen atoms in total. The molecule has 4 saturated carbocycles. The number of hydrogen-bond acceptors (Lipinski definition) is 5. The number of thiophene rings is 1. The van der Waals surface area contributed by atoms with E-state index in [1.807, 2.05) is 53.8 Å². The van der Waals surface area contributed by atoms with Crippen molar-refractivity contribution in [3.63, 3.8) is 0 Å². The maximum absolute atomic E-state index is 6.29. The Morgan fingerprint density at radius 3 is 2.00 bits per heavy atom. The van der Waals surface area contributed by atoms with Crippen LogP contribution in [0.25, 0.3) is 87.4 Å². The molecule has 4 fully saturated rings. The summed E-state index contributed by atoms with van der Waals surface area (Å²) >= 11 is 1.91. The summed E-state index contributed by atoms with van der Waals surface area (Å²) in [4.78, 5) is 15.7. The molecule has 258 valence electrons. The average Bonchev–Trinajstić information content (AvgIpc) is 3.87. The van der Waals surface area contributed by atoms with Crippen LogP contribution in [0.4, 0.5) is 0 Å². The largest absolute Gasteiger partial charge is 0.456 e. The van der Waals surface area contributed by atoms with Gasteiger partial charge in [0.15, 0.2) is 17.5 Å². The van der Waals surface area contributed by atoms with Crippen LogP contribution in [0.3, 0.4) is 0 Å². The first-order valence-electron chi connectivity index (χ1n) is 19.5. The molecule has 6 aromatic carbocycles. The maximum Gasteiger partial charge on any atom is 0.165 e. The minimum Gasteiger partial charge on any atom is -0.456 e. The van der Waals surface area contributed by atoms with Crippen molar-refractivity contribution in [2.45, 2.75) is 37.5 Å². The van der Waals surface area contributed by atoms with Crippen molar-refractivity contribution in [1.29, 1.82) is 0 Å². The molecule has 4 bridgehead atoms. The predicted octanol–water partition coefficient (Wildman–Crippen LogP) is 12.9. The lowest BCUT2D eigenvalue weighted by molar-refractivity contribution is -0.0398. The van der Waals surface area contributed by atoms with Gasteiger partial charge < -0.3 is 4.42 Å². The highest BCUT2D eigenvalue weighted by Crippen LogP contribution is 2.69. The topological polar surface area (TPSA) is 51.8 Å². The van der Waals surface area contributed by atoms with Crippen molar-refractivity contribution >= 4 is 53.4 Å². The summed E-state index contributed by atoms with van der Waals surface area (Å²) in [5.74, 6) is 5.35. The van der Waals surface area contributed by atoms with E-state index in [-0.39, 0.29) is 5.41 Å². The van der Waals surface area contributed by atoms with E-state index in [9.17, 15) is 0 Å². The maximum atomic E-state index is 6.29. The fourth-order valence-corrected chi connectivity index (χ4v) is 13.1. The molecule has 0 unspecified atom stereocenters. The Hall–Kier alpha value is -5.65. The van der Waals surface area contributed by atoms with Gasteiger partial charge in [-0.2, -0.15) is 0 Å². The molecule has 0 atom stereocenters. The van der Waals surface area contributed by atoms with Gasteiger partial charge in [-0.3, -0.25) is 0 Å². The monoisotopic (exact) mass is 713 g/mol. The Morgan fingerprint density at radius 2 is 1.15 bits per heavy atom. The quantitative estimate of drug-likeness (QED) is 0.183. The van der Waals surface area contributed by atoms with Gasteiger partial charge in [-0.05, 0) is 108 Å². The fraction of sp³-hybridized carbons (Fsp3) is 0.204. The Bertz CT molecular complexity index is 3000. The van der Waals surface area contributed by atoms with Gasteiger partial charge in [0.25, 0.3) is 0 Å². The first kappa shape index (κ1) is 29.8. The highest BCUT2D eigenvalue weighted by molar-refractivity contribution is 7.26. The van der Waals surface area contributed by atoms with Gasteiger partial charge in [-0.1, -0.05) is 97.1 Å². The summed E-state index contributed by atoms with van der Waals surface area (Å²) in [7, 11) is 0. The number of furan rings is 1. The third kappa shape index (κ3) is 3.90. The molecule has 5 heteroatoms. The number of fused-ring (bicyclic) bond motifs is 9. The second-order valence-corrected chi connectivity index (χ2v) is 17.4. The molecule has 3 heterocycles. The van der Waals surface area contributed by atoms with E-state index in [1.165, 1.54) is 63.4 Å². The van der Waals surface area contributed by atoms with Crippen LogP contribution in [-0.2, 0) is 5.41 Å². The van der Waals surface area contributed by atoms with E-state index in [0.717, 1.165) is 62.3 Å². The lowest BCUT2D eigenvalue weighted by atomic mass is 9.43. The minimum absolute atomic E-state index is 0.151. The van der Waals surface area contributed by atoms with Crippen LogP contribution < -0.4 is 0 Å². The zero-order valence-corrected chi connectivity index (χ0v) is 30.4. The Balaban J connectivity index is 1.04. The van der Waals surface area contributed by atoms with Crippen molar-refractivity contribution in [2.75, 3.05) is 0 Å². The zero-order valence-electron chi connectivity index (χ0n) is 29.6. The van der Waals surface area contributed by atoms with Crippen molar-refractivity contribution in [3.8, 4) is 45.3 Å². The molecule has 0 radical (unpaired) electrons. The van der Waals surface area contributed by atoms with Crippen molar-refractivity contribution < 1.29 is 4.42 Å². The van der Waals surface area contributed by atoms with E-state index in [2.05, 4.69) is 84.9 Å². The van der Waals surface area contributed by atoms with Crippen LogP contribution in [0, 0.1) is 23.7 Å². The number of para-hydroxylation sites is 1. The van der Waals surface area contributed by atoms with E-state index in [4.69, 9.17) is 19.4 Å². The summed E-state index contributed by atoms with van der Waals surface area (Å²) in [5, 5.41) is 4.69. The SMILES string of the molecule is c1ccc(-c2nc(-c3cccc4c3sc3cc5c(cc34)-c3ccccc3C53C4CC5CC(C4)CC3C5)nc(-c3cccc4oc5ccccc5c34)n2)cc1. The molecule has 5 aliphatic carbocycles. The van der Waals surface area contributed by atoms with Crippen LogP contribution in [0.2, 0.25) is 0 Å². The molecule has 0 amide bonds. The van der Waals surface area contributed by atoms with E-state index in [0.29, 0.717) is 17.5 Å². The van der Waals surface area contributed by atoms with Gasteiger partial charge in [-0.25, -0.2) is 15.0 Å². The normalized spacial score (nSPS) is 23.6. The van der Waals surface area contributed by atoms with Gasteiger partial charge in [0.05, 0.1) is 0 Å². The molecule has 0 saturated heterocycles. The van der Waals surface area contributed by atoms with Crippen molar-refractivity contribution in [1.82, 2.24) is 15.0 Å². The lowest BCUT2D eigenvalue weighted by Crippen LogP contribution is -2.55. The van der Waals surface area contributed by atoms with Crippen molar-refractivity contribution in [3.05, 3.63) is 139 Å². The molecule has 1 spiro atoms. The Kier molecular flexibility index (Phi) is 5.92. The number of rotatable bonds is 3. The molecule has 0 N–H and O–H groups in total. The smallest absolute Gasteiger partial charge is 0.165 e. The summed E-state index contributed by atoms with van der Waals surface area (Å²) in [6.45, 7) is 0. The molecule has 3 aromatic heterocycles. The molecule has 54 heavy (non-hydrogen) atoms. The molecular weight excluding hydrogens is 679 g/mol. The van der Waals surface area contributed by atoms with Gasteiger partial charge in [-0.15, -0.1) is 11.3 Å². The van der Waals surface area contributed by atoms with Crippen molar-refractivity contribution in [2.24, 2.45) is 23.7 Å². The van der Waals surface area contributed by atoms with Gasteiger partial charge in [0, 0.05) is 53.1 Å². The first-order valence-corrected chi connectivity index (χ1v) is 20.3.